The summed E-state index contributed by atoms with van der Waals surface area (Å²) in [5.41, 5.74) is 4.74. The van der Waals surface area contributed by atoms with Crippen molar-refractivity contribution in [2.24, 2.45) is 5.73 Å². The van der Waals surface area contributed by atoms with Gasteiger partial charge in [0.2, 0.25) is 5.89 Å². The molecule has 0 fully saturated rings. The van der Waals surface area contributed by atoms with Crippen molar-refractivity contribution in [1.82, 2.24) is 10.2 Å². The van der Waals surface area contributed by atoms with Crippen LogP contribution < -0.4 is 11.1 Å². The number of anilines is 2. The fourth-order valence-electron chi connectivity index (χ4n) is 1.42. The Morgan fingerprint density at radius 1 is 1.30 bits per heavy atom. The molecule has 1 aromatic carbocycles. The molecule has 0 bridgehead atoms. The molecule has 1 unspecified atom stereocenters. The average molecular weight is 307 g/mol. The van der Waals surface area contributed by atoms with E-state index in [2.05, 4.69) is 15.5 Å². The van der Waals surface area contributed by atoms with Gasteiger partial charge in [0.05, 0.1) is 11.6 Å². The van der Waals surface area contributed by atoms with Crippen molar-refractivity contribution in [2.75, 3.05) is 5.32 Å². The predicted octanol–water partition coefficient (Wildman–Crippen LogP) is 3.51. The van der Waals surface area contributed by atoms with Gasteiger partial charge < -0.3 is 15.5 Å². The van der Waals surface area contributed by atoms with Gasteiger partial charge in [-0.25, -0.2) is 0 Å². The Balaban J connectivity index is 2.26. The van der Waals surface area contributed by atoms with Crippen LogP contribution in [-0.2, 0) is 6.18 Å². The number of hydrogen-bond donors (Lipinski definition) is 2. The molecule has 2 aromatic rings. The first-order valence-electron chi connectivity index (χ1n) is 5.49. The van der Waals surface area contributed by atoms with Gasteiger partial charge in [0, 0.05) is 10.7 Å². The van der Waals surface area contributed by atoms with E-state index in [-0.39, 0.29) is 22.6 Å². The molecule has 0 saturated carbocycles. The highest BCUT2D eigenvalue weighted by atomic mass is 35.5. The molecule has 1 heterocycles. The molecular weight excluding hydrogens is 297 g/mol. The van der Waals surface area contributed by atoms with Gasteiger partial charge in [0.1, 0.15) is 0 Å². The Kier molecular flexibility index (Phi) is 3.87. The lowest BCUT2D eigenvalue weighted by molar-refractivity contribution is -0.137. The Hall–Kier alpha value is -1.80. The summed E-state index contributed by atoms with van der Waals surface area (Å²) in [5, 5.41) is 9.76. The Labute approximate surface area is 116 Å². The molecule has 0 spiro atoms. The molecular formula is C11H10ClF3N4O. The molecule has 1 aromatic heterocycles. The maximum absolute atomic E-state index is 12.6. The van der Waals surface area contributed by atoms with Crippen molar-refractivity contribution in [3.8, 4) is 0 Å². The van der Waals surface area contributed by atoms with E-state index in [4.69, 9.17) is 21.8 Å². The fourth-order valence-corrected chi connectivity index (χ4v) is 1.65. The molecule has 3 N–H and O–H groups in total. The van der Waals surface area contributed by atoms with Crippen LogP contribution in [0.4, 0.5) is 24.9 Å². The van der Waals surface area contributed by atoms with Crippen molar-refractivity contribution < 1.29 is 17.6 Å². The monoisotopic (exact) mass is 306 g/mol. The first-order valence-corrected chi connectivity index (χ1v) is 5.87. The van der Waals surface area contributed by atoms with Crippen molar-refractivity contribution in [2.45, 2.75) is 19.1 Å². The van der Waals surface area contributed by atoms with E-state index in [1.807, 2.05) is 0 Å². The second-order valence-corrected chi connectivity index (χ2v) is 4.52. The second kappa shape index (κ2) is 5.29. The average Bonchev–Trinajstić information content (AvgIpc) is 2.75. The van der Waals surface area contributed by atoms with Gasteiger partial charge in [-0.05, 0) is 25.1 Å². The highest BCUT2D eigenvalue weighted by molar-refractivity contribution is 6.31. The van der Waals surface area contributed by atoms with Crippen LogP contribution in [0.5, 0.6) is 0 Å². The number of alkyl halides is 3. The van der Waals surface area contributed by atoms with Crippen LogP contribution >= 0.6 is 11.6 Å². The molecule has 108 valence electrons. The summed E-state index contributed by atoms with van der Waals surface area (Å²) in [6, 6.07) is 2.50. The molecule has 0 saturated heterocycles. The quantitative estimate of drug-likeness (QED) is 0.907. The van der Waals surface area contributed by atoms with Crippen LogP contribution in [-0.4, -0.2) is 10.2 Å². The maximum Gasteiger partial charge on any atom is 0.416 e. The lowest BCUT2D eigenvalue weighted by atomic mass is 10.2. The summed E-state index contributed by atoms with van der Waals surface area (Å²) in [7, 11) is 0. The molecule has 20 heavy (non-hydrogen) atoms. The van der Waals surface area contributed by atoms with Crippen LogP contribution in [0.3, 0.4) is 0 Å². The molecule has 0 aliphatic heterocycles. The van der Waals surface area contributed by atoms with Crippen LogP contribution in [0, 0.1) is 0 Å². The van der Waals surface area contributed by atoms with Crippen LogP contribution in [0.25, 0.3) is 0 Å². The van der Waals surface area contributed by atoms with E-state index < -0.39 is 17.8 Å². The molecule has 0 radical (unpaired) electrons. The Morgan fingerprint density at radius 2 is 2.00 bits per heavy atom. The Bertz CT molecular complexity index is 612. The third-order valence-corrected chi connectivity index (χ3v) is 2.52. The zero-order valence-corrected chi connectivity index (χ0v) is 11.0. The lowest BCUT2D eigenvalue weighted by Gasteiger charge is -2.09. The summed E-state index contributed by atoms with van der Waals surface area (Å²) >= 11 is 5.65. The number of aromatic nitrogens is 2. The van der Waals surface area contributed by atoms with Gasteiger partial charge in [0.15, 0.2) is 0 Å². The number of halogens is 4. The SMILES string of the molecule is CC(N)c1nnc(Nc2cc(Cl)cc(C(F)(F)F)c2)o1. The third-order valence-electron chi connectivity index (χ3n) is 2.31. The minimum Gasteiger partial charge on any atom is -0.406 e. The number of rotatable bonds is 3. The maximum atomic E-state index is 12.6. The molecule has 0 aliphatic carbocycles. The van der Waals surface area contributed by atoms with Crippen molar-refractivity contribution in [3.05, 3.63) is 34.7 Å². The van der Waals surface area contributed by atoms with E-state index in [1.54, 1.807) is 6.92 Å². The molecule has 9 heteroatoms. The summed E-state index contributed by atoms with van der Waals surface area (Å²) in [6.45, 7) is 1.64. The summed E-state index contributed by atoms with van der Waals surface area (Å²) in [4.78, 5) is 0. The molecule has 0 amide bonds. The summed E-state index contributed by atoms with van der Waals surface area (Å²) in [5.74, 6) is 0.172. The molecule has 0 aliphatic rings. The van der Waals surface area contributed by atoms with E-state index >= 15 is 0 Å². The highest BCUT2D eigenvalue weighted by Gasteiger charge is 2.31. The molecule has 2 rings (SSSR count). The van der Waals surface area contributed by atoms with Gasteiger partial charge in [-0.1, -0.05) is 16.7 Å². The van der Waals surface area contributed by atoms with Gasteiger partial charge in [-0.15, -0.1) is 5.10 Å². The van der Waals surface area contributed by atoms with Gasteiger partial charge in [-0.2, -0.15) is 13.2 Å². The van der Waals surface area contributed by atoms with Crippen LogP contribution in [0.2, 0.25) is 5.02 Å². The normalized spacial score (nSPS) is 13.3. The zero-order chi connectivity index (χ0) is 14.9. The first-order chi connectivity index (χ1) is 9.25. The first kappa shape index (κ1) is 14.6. The highest BCUT2D eigenvalue weighted by Crippen LogP contribution is 2.34. The zero-order valence-electron chi connectivity index (χ0n) is 10.2. The second-order valence-electron chi connectivity index (χ2n) is 4.09. The molecule has 1 atom stereocenters. The number of hydrogen-bond acceptors (Lipinski definition) is 5. The van der Waals surface area contributed by atoms with E-state index in [1.165, 1.54) is 6.07 Å². The number of nitrogens with one attached hydrogen (secondary N) is 1. The van der Waals surface area contributed by atoms with Gasteiger partial charge in [0.25, 0.3) is 0 Å². The number of nitrogens with zero attached hydrogens (tertiary/aromatic N) is 2. The predicted molar refractivity (Wildman–Crippen MR) is 66.6 cm³/mol. The topological polar surface area (TPSA) is 77.0 Å². The minimum atomic E-state index is -4.49. The number of nitrogens with two attached hydrogens (primary N) is 1. The lowest BCUT2D eigenvalue weighted by Crippen LogP contribution is -2.05. The van der Waals surface area contributed by atoms with Gasteiger partial charge >= 0.3 is 12.2 Å². The summed E-state index contributed by atoms with van der Waals surface area (Å²) in [6.07, 6.45) is -4.49. The number of benzene rings is 1. The largest absolute Gasteiger partial charge is 0.416 e. The van der Waals surface area contributed by atoms with Crippen molar-refractivity contribution in [3.63, 3.8) is 0 Å². The summed E-state index contributed by atoms with van der Waals surface area (Å²) < 4.78 is 43.1. The van der Waals surface area contributed by atoms with Crippen LogP contribution in [0.15, 0.2) is 22.6 Å². The van der Waals surface area contributed by atoms with Crippen molar-refractivity contribution >= 4 is 23.3 Å². The fraction of sp³-hybridized carbons (Fsp3) is 0.273. The van der Waals surface area contributed by atoms with E-state index in [0.29, 0.717) is 0 Å². The van der Waals surface area contributed by atoms with E-state index in [9.17, 15) is 13.2 Å². The van der Waals surface area contributed by atoms with Gasteiger partial charge in [-0.3, -0.25) is 0 Å². The van der Waals surface area contributed by atoms with E-state index in [0.717, 1.165) is 12.1 Å². The van der Waals surface area contributed by atoms with Crippen molar-refractivity contribution in [1.29, 1.82) is 0 Å². The third kappa shape index (κ3) is 3.40. The minimum absolute atomic E-state index is 0.0609. The smallest absolute Gasteiger partial charge is 0.406 e. The standard InChI is InChI=1S/C11H10ClF3N4O/c1-5(16)9-18-19-10(20-9)17-8-3-6(11(13,14)15)2-7(12)4-8/h2-5H,16H2,1H3,(H,17,19). The molecule has 5 nitrogen and oxygen atoms in total. The Morgan fingerprint density at radius 3 is 2.55 bits per heavy atom. The van der Waals surface area contributed by atoms with Crippen LogP contribution in [0.1, 0.15) is 24.4 Å².